The van der Waals surface area contributed by atoms with Crippen molar-refractivity contribution >= 4 is 52.6 Å². The molecule has 5 heterocycles. The summed E-state index contributed by atoms with van der Waals surface area (Å²) in [6.07, 6.45) is 1.36. The number of hydrogen-bond donors (Lipinski definition) is 2. The molecule has 1 aliphatic carbocycles. The number of nitrogens with zero attached hydrogens (tertiary/aromatic N) is 7. The lowest BCUT2D eigenvalue weighted by molar-refractivity contribution is -0.164. The van der Waals surface area contributed by atoms with Crippen molar-refractivity contribution in [1.29, 1.82) is 5.26 Å². The van der Waals surface area contributed by atoms with Crippen molar-refractivity contribution in [3.05, 3.63) is 75.4 Å². The highest BCUT2D eigenvalue weighted by atomic mass is 35.5. The van der Waals surface area contributed by atoms with E-state index in [9.17, 15) is 29.2 Å². The molecule has 1 saturated carbocycles. The van der Waals surface area contributed by atoms with Crippen LogP contribution in [-0.2, 0) is 9.59 Å². The van der Waals surface area contributed by atoms with E-state index in [1.165, 1.54) is 0 Å². The second kappa shape index (κ2) is 15.9. The minimum absolute atomic E-state index is 0.0849. The summed E-state index contributed by atoms with van der Waals surface area (Å²) in [6, 6.07) is 9.88. The van der Waals surface area contributed by atoms with Crippen LogP contribution in [0.15, 0.2) is 36.4 Å². The highest BCUT2D eigenvalue weighted by Gasteiger charge is 2.64. The van der Waals surface area contributed by atoms with E-state index in [2.05, 4.69) is 30.6 Å². The van der Waals surface area contributed by atoms with Gasteiger partial charge in [0.05, 0.1) is 21.7 Å². The Morgan fingerprint density at radius 2 is 1.64 bits per heavy atom. The maximum absolute atomic E-state index is 16.0. The first kappa shape index (κ1) is 42.0. The number of carbonyl (C=O) groups excluding carboxylic acids is 5. The molecule has 4 fully saturated rings. The van der Waals surface area contributed by atoms with Gasteiger partial charge in [-0.05, 0) is 55.5 Å². The van der Waals surface area contributed by atoms with Crippen LogP contribution in [0, 0.1) is 39.7 Å². The first-order valence-corrected chi connectivity index (χ1v) is 20.8. The second-order valence-corrected chi connectivity index (χ2v) is 18.1. The molecule has 5 aliphatic rings. The number of halogens is 3. The Labute approximate surface area is 356 Å². The van der Waals surface area contributed by atoms with Gasteiger partial charge in [-0.15, -0.1) is 10.2 Å². The van der Waals surface area contributed by atoms with Crippen LogP contribution in [0.2, 0.25) is 5.02 Å². The lowest BCUT2D eigenvalue weighted by Crippen LogP contribution is -2.74. The molecule has 18 heteroatoms. The number of rotatable bonds is 9. The number of hydrogen-bond acceptors (Lipinski definition) is 12. The molecule has 3 saturated heterocycles. The second-order valence-electron chi connectivity index (χ2n) is 17.7. The van der Waals surface area contributed by atoms with Crippen LogP contribution in [0.25, 0.3) is 0 Å². The van der Waals surface area contributed by atoms with E-state index in [0.717, 1.165) is 38.5 Å². The molecule has 3 aromatic rings. The molecule has 5 amide bonds. The van der Waals surface area contributed by atoms with Crippen molar-refractivity contribution in [3.63, 3.8) is 0 Å². The number of benzene rings is 2. The molecule has 0 radical (unpaired) electrons. The number of nitrogens with one attached hydrogen (secondary N) is 2. The Bertz CT molecular complexity index is 2340. The number of carbonyl (C=O) groups is 5. The lowest BCUT2D eigenvalue weighted by Gasteiger charge is -2.63. The summed E-state index contributed by atoms with van der Waals surface area (Å²) in [5, 5.41) is 23.5. The van der Waals surface area contributed by atoms with Crippen LogP contribution in [0.4, 0.5) is 20.3 Å². The molecule has 320 valence electrons. The molecule has 0 bridgehead atoms. The van der Waals surface area contributed by atoms with Crippen LogP contribution >= 0.6 is 11.6 Å². The molecule has 8 rings (SSSR count). The molecule has 1 unspecified atom stereocenters. The van der Waals surface area contributed by atoms with Gasteiger partial charge in [-0.3, -0.25) is 39.1 Å². The third-order valence-electron chi connectivity index (χ3n) is 13.1. The normalized spacial score (nSPS) is 23.9. The van der Waals surface area contributed by atoms with E-state index in [-0.39, 0.29) is 42.3 Å². The molecule has 61 heavy (non-hydrogen) atoms. The van der Waals surface area contributed by atoms with Crippen molar-refractivity contribution in [3.8, 4) is 11.8 Å². The van der Waals surface area contributed by atoms with Crippen molar-refractivity contribution in [2.45, 2.75) is 71.6 Å². The highest BCUT2D eigenvalue weighted by Crippen LogP contribution is 2.55. The number of ether oxygens (including phenoxy) is 1. The molecule has 0 spiro atoms. The monoisotopic (exact) mass is 857 g/mol. The number of piperidine rings is 2. The van der Waals surface area contributed by atoms with Gasteiger partial charge in [-0.25, -0.2) is 8.78 Å². The van der Waals surface area contributed by atoms with Gasteiger partial charge in [0, 0.05) is 75.2 Å². The summed E-state index contributed by atoms with van der Waals surface area (Å²) in [5.74, 6) is -4.13. The number of aromatic nitrogens is 2. The number of imide groups is 2. The van der Waals surface area contributed by atoms with Gasteiger partial charge in [-0.1, -0.05) is 39.3 Å². The van der Waals surface area contributed by atoms with Crippen molar-refractivity contribution in [1.82, 2.24) is 30.6 Å². The van der Waals surface area contributed by atoms with E-state index in [1.54, 1.807) is 29.2 Å². The average Bonchev–Trinajstić information content (AvgIpc) is 3.47. The van der Waals surface area contributed by atoms with Crippen LogP contribution in [0.1, 0.15) is 90.1 Å². The van der Waals surface area contributed by atoms with Gasteiger partial charge in [0.2, 0.25) is 11.8 Å². The Kier molecular flexibility index (Phi) is 11.0. The van der Waals surface area contributed by atoms with Crippen LogP contribution in [0.3, 0.4) is 0 Å². The molecule has 2 N–H and O–H groups in total. The quantitative estimate of drug-likeness (QED) is 0.292. The van der Waals surface area contributed by atoms with Gasteiger partial charge < -0.3 is 19.9 Å². The van der Waals surface area contributed by atoms with Gasteiger partial charge in [0.1, 0.15) is 35.5 Å². The lowest BCUT2D eigenvalue weighted by atomic mass is 9.49. The summed E-state index contributed by atoms with van der Waals surface area (Å²) >= 11 is 6.23. The zero-order chi connectivity index (χ0) is 43.5. The van der Waals surface area contributed by atoms with Gasteiger partial charge >= 0.3 is 0 Å². The van der Waals surface area contributed by atoms with E-state index in [0.29, 0.717) is 59.2 Å². The standard InChI is InChI=1S/C43H46ClF2N9O6/c1-42(2)40(43(3,4)41(42)61-25-6-5-24(21-47)27(44)19-25)49-36(57)29-7-9-31(51-50-29)53-13-11-23(12-14-53)22-52-15-17-54(18-16-52)35-28(45)20-26-33(34(35)46)39(60)55(38(26)59)30-8-10-32(56)48-37(30)58/h5-7,9,19-20,23,30,40-41H,8,10-18,22H2,1-4H3,(H,49,57)(H,48,56,58)/t30?,40-,41-. The molecular weight excluding hydrogens is 812 g/mol. The van der Waals surface area contributed by atoms with Gasteiger partial charge in [-0.2, -0.15) is 5.26 Å². The van der Waals surface area contributed by atoms with E-state index in [4.69, 9.17) is 16.3 Å². The Balaban J connectivity index is 0.811. The van der Waals surface area contributed by atoms with Crippen LogP contribution < -0.4 is 25.2 Å². The predicted molar refractivity (Wildman–Crippen MR) is 218 cm³/mol. The maximum atomic E-state index is 16.0. The predicted octanol–water partition coefficient (Wildman–Crippen LogP) is 4.33. The number of amides is 5. The summed E-state index contributed by atoms with van der Waals surface area (Å²) in [6.45, 7) is 12.1. The smallest absolute Gasteiger partial charge is 0.272 e. The van der Waals surface area contributed by atoms with E-state index >= 15 is 8.78 Å². The van der Waals surface area contributed by atoms with Crippen LogP contribution in [-0.4, -0.2) is 114 Å². The zero-order valence-electron chi connectivity index (χ0n) is 34.3. The summed E-state index contributed by atoms with van der Waals surface area (Å²) in [4.78, 5) is 70.4. The first-order valence-electron chi connectivity index (χ1n) is 20.5. The van der Waals surface area contributed by atoms with E-state index < -0.39 is 63.3 Å². The largest absolute Gasteiger partial charge is 0.489 e. The minimum atomic E-state index is -1.28. The number of anilines is 2. The number of nitriles is 1. The first-order chi connectivity index (χ1) is 29.0. The third-order valence-corrected chi connectivity index (χ3v) is 13.4. The minimum Gasteiger partial charge on any atom is -0.489 e. The van der Waals surface area contributed by atoms with Crippen molar-refractivity contribution in [2.75, 3.05) is 55.6 Å². The number of piperazine rings is 1. The molecule has 4 aliphatic heterocycles. The SMILES string of the molecule is CC1(C)[C@H](NC(=O)c2ccc(N3CCC(CN4CCN(c5c(F)cc6c(c5F)C(=O)N(C5CCC(=O)NC5=O)C6=O)CC4)CC3)nn2)C(C)(C)[C@H]1Oc1ccc(C#N)c(Cl)c1. The summed E-state index contributed by atoms with van der Waals surface area (Å²) in [5.41, 5.74) is -1.65. The third kappa shape index (κ3) is 7.54. The van der Waals surface area contributed by atoms with Gasteiger partial charge in [0.15, 0.2) is 17.3 Å². The average molecular weight is 858 g/mol. The van der Waals surface area contributed by atoms with Crippen molar-refractivity contribution < 1.29 is 37.5 Å². The Morgan fingerprint density at radius 3 is 2.26 bits per heavy atom. The molecule has 1 atom stereocenters. The fourth-order valence-electron chi connectivity index (χ4n) is 10.1. The van der Waals surface area contributed by atoms with Crippen LogP contribution in [0.5, 0.6) is 5.75 Å². The maximum Gasteiger partial charge on any atom is 0.272 e. The Morgan fingerprint density at radius 1 is 0.934 bits per heavy atom. The summed E-state index contributed by atoms with van der Waals surface area (Å²) in [7, 11) is 0. The fraction of sp³-hybridized carbons (Fsp3) is 0.488. The molecule has 2 aromatic carbocycles. The highest BCUT2D eigenvalue weighted by molar-refractivity contribution is 6.31. The molecule has 1 aromatic heterocycles. The molecule has 15 nitrogen and oxygen atoms in total. The summed E-state index contributed by atoms with van der Waals surface area (Å²) < 4.78 is 37.8. The number of fused-ring (bicyclic) bond motifs is 1. The molecular formula is C43H46ClF2N9O6. The zero-order valence-corrected chi connectivity index (χ0v) is 35.0. The van der Waals surface area contributed by atoms with Crippen molar-refractivity contribution in [2.24, 2.45) is 16.7 Å². The fourth-order valence-corrected chi connectivity index (χ4v) is 10.3. The van der Waals surface area contributed by atoms with E-state index in [1.807, 2.05) is 39.8 Å². The Hall–Kier alpha value is -5.73. The van der Waals surface area contributed by atoms with Gasteiger partial charge in [0.25, 0.3) is 17.7 Å². The topological polar surface area (TPSA) is 181 Å².